The molecule has 0 heterocycles. The largest absolute Gasteiger partial charge is 0.494 e. The normalized spacial score (nSPS) is 16.3. The summed E-state index contributed by atoms with van der Waals surface area (Å²) in [5.41, 5.74) is 2.63. The van der Waals surface area contributed by atoms with Crippen LogP contribution in [0, 0.1) is 0 Å². The van der Waals surface area contributed by atoms with Gasteiger partial charge < -0.3 is 10.1 Å². The van der Waals surface area contributed by atoms with Crippen molar-refractivity contribution in [2.75, 3.05) is 6.61 Å². The van der Waals surface area contributed by atoms with Crippen molar-refractivity contribution in [2.24, 2.45) is 0 Å². The molecule has 0 bridgehead atoms. The maximum atomic E-state index is 12.2. The molecule has 1 aliphatic rings. The van der Waals surface area contributed by atoms with Crippen LogP contribution >= 0.6 is 11.6 Å². The van der Waals surface area contributed by atoms with E-state index in [0.29, 0.717) is 24.5 Å². The Morgan fingerprint density at radius 3 is 2.79 bits per heavy atom. The predicted molar refractivity (Wildman–Crippen MR) is 96.4 cm³/mol. The van der Waals surface area contributed by atoms with Crippen molar-refractivity contribution in [2.45, 2.75) is 38.1 Å². The molecule has 3 rings (SSSR count). The first-order valence-corrected chi connectivity index (χ1v) is 8.86. The second-order valence-corrected chi connectivity index (χ2v) is 6.55. The molecule has 0 saturated heterocycles. The van der Waals surface area contributed by atoms with Crippen molar-refractivity contribution >= 4 is 17.5 Å². The fourth-order valence-corrected chi connectivity index (χ4v) is 3.25. The number of rotatable bonds is 6. The fraction of sp³-hybridized carbons (Fsp3) is 0.350. The van der Waals surface area contributed by atoms with Crippen LogP contribution in [0.15, 0.2) is 48.5 Å². The maximum absolute atomic E-state index is 12.2. The first-order chi connectivity index (χ1) is 11.7. The minimum absolute atomic E-state index is 0.0939. The van der Waals surface area contributed by atoms with E-state index in [0.717, 1.165) is 25.0 Å². The summed E-state index contributed by atoms with van der Waals surface area (Å²) < 4.78 is 5.62. The molecule has 1 atom stereocenters. The minimum Gasteiger partial charge on any atom is -0.494 e. The monoisotopic (exact) mass is 343 g/mol. The van der Waals surface area contributed by atoms with Crippen LogP contribution in [0.25, 0.3) is 0 Å². The average Bonchev–Trinajstić information content (AvgIpc) is 2.61. The zero-order valence-electron chi connectivity index (χ0n) is 13.6. The highest BCUT2D eigenvalue weighted by molar-refractivity contribution is 6.30. The Morgan fingerprint density at radius 1 is 1.17 bits per heavy atom. The van der Waals surface area contributed by atoms with Crippen molar-refractivity contribution in [1.29, 1.82) is 0 Å². The highest BCUT2D eigenvalue weighted by atomic mass is 35.5. The molecule has 126 valence electrons. The lowest BCUT2D eigenvalue weighted by molar-refractivity contribution is -0.122. The molecule has 24 heavy (non-hydrogen) atoms. The molecule has 1 unspecified atom stereocenters. The number of hydrogen-bond donors (Lipinski definition) is 1. The molecule has 1 N–H and O–H groups in total. The molecule has 2 aromatic rings. The fourth-order valence-electron chi connectivity index (χ4n) is 3.12. The molecule has 0 saturated carbocycles. The smallest absolute Gasteiger partial charge is 0.220 e. The summed E-state index contributed by atoms with van der Waals surface area (Å²) in [6, 6.07) is 15.8. The van der Waals surface area contributed by atoms with Crippen LogP contribution in [0.1, 0.15) is 42.9 Å². The predicted octanol–water partition coefficient (Wildman–Crippen LogP) is 4.69. The lowest BCUT2D eigenvalue weighted by Crippen LogP contribution is -2.31. The van der Waals surface area contributed by atoms with Crippen LogP contribution in [-0.4, -0.2) is 12.5 Å². The van der Waals surface area contributed by atoms with Gasteiger partial charge in [-0.15, -0.1) is 0 Å². The van der Waals surface area contributed by atoms with Gasteiger partial charge >= 0.3 is 0 Å². The molecule has 0 aliphatic heterocycles. The zero-order chi connectivity index (χ0) is 16.8. The molecule has 0 aromatic heterocycles. The van der Waals surface area contributed by atoms with Crippen LogP contribution in [-0.2, 0) is 11.2 Å². The molecule has 0 spiro atoms. The van der Waals surface area contributed by atoms with Gasteiger partial charge in [0.05, 0.1) is 12.6 Å². The third kappa shape index (κ3) is 4.51. The van der Waals surface area contributed by atoms with Gasteiger partial charge in [0.25, 0.3) is 0 Å². The summed E-state index contributed by atoms with van der Waals surface area (Å²) in [5, 5.41) is 3.86. The number of nitrogens with one attached hydrogen (secondary N) is 1. The Balaban J connectivity index is 1.42. The van der Waals surface area contributed by atoms with E-state index in [2.05, 4.69) is 23.5 Å². The standard InChI is InChI=1S/C20H22ClNO2/c21-16-10-12-17(13-11-16)24-14-4-9-20(23)22-19-8-3-6-15-5-1-2-7-18(15)19/h1-2,5,7,10-13,19H,3-4,6,8-9,14H2,(H,22,23). The van der Waals surface area contributed by atoms with E-state index in [1.54, 1.807) is 12.1 Å². The summed E-state index contributed by atoms with van der Waals surface area (Å²) >= 11 is 5.83. The van der Waals surface area contributed by atoms with Crippen LogP contribution in [0.2, 0.25) is 5.02 Å². The number of benzene rings is 2. The van der Waals surface area contributed by atoms with E-state index in [9.17, 15) is 4.79 Å². The van der Waals surface area contributed by atoms with Gasteiger partial charge in [0.1, 0.15) is 5.75 Å². The molecule has 0 fully saturated rings. The van der Waals surface area contributed by atoms with Crippen LogP contribution in [0.3, 0.4) is 0 Å². The molecule has 2 aromatic carbocycles. The van der Waals surface area contributed by atoms with Gasteiger partial charge in [0, 0.05) is 11.4 Å². The van der Waals surface area contributed by atoms with Crippen molar-refractivity contribution < 1.29 is 9.53 Å². The topological polar surface area (TPSA) is 38.3 Å². The SMILES string of the molecule is O=C(CCCOc1ccc(Cl)cc1)NC1CCCc2ccccc21. The molecule has 0 radical (unpaired) electrons. The summed E-state index contributed by atoms with van der Waals surface area (Å²) in [5.74, 6) is 0.873. The van der Waals surface area contributed by atoms with Crippen LogP contribution in [0.4, 0.5) is 0 Å². The Morgan fingerprint density at radius 2 is 1.96 bits per heavy atom. The number of hydrogen-bond acceptors (Lipinski definition) is 2. The first-order valence-electron chi connectivity index (χ1n) is 8.48. The molecular formula is C20H22ClNO2. The highest BCUT2D eigenvalue weighted by Gasteiger charge is 2.20. The summed E-state index contributed by atoms with van der Waals surface area (Å²) in [6.07, 6.45) is 4.43. The van der Waals surface area contributed by atoms with Crippen molar-refractivity contribution in [3.05, 3.63) is 64.7 Å². The van der Waals surface area contributed by atoms with Crippen molar-refractivity contribution in [1.82, 2.24) is 5.32 Å². The van der Waals surface area contributed by atoms with E-state index in [4.69, 9.17) is 16.3 Å². The van der Waals surface area contributed by atoms with Crippen LogP contribution < -0.4 is 10.1 Å². The van der Waals surface area contributed by atoms with E-state index in [-0.39, 0.29) is 11.9 Å². The van der Waals surface area contributed by atoms with E-state index in [1.807, 2.05) is 18.2 Å². The number of amides is 1. The highest BCUT2D eigenvalue weighted by Crippen LogP contribution is 2.29. The lowest BCUT2D eigenvalue weighted by atomic mass is 9.87. The molecular weight excluding hydrogens is 322 g/mol. The van der Waals surface area contributed by atoms with Gasteiger partial charge in [-0.3, -0.25) is 4.79 Å². The number of ether oxygens (including phenoxy) is 1. The van der Waals surface area contributed by atoms with Gasteiger partial charge in [-0.05, 0) is 61.1 Å². The Kier molecular flexibility index (Phi) is 5.76. The summed E-state index contributed by atoms with van der Waals surface area (Å²) in [7, 11) is 0. The number of carbonyl (C=O) groups excluding carboxylic acids is 1. The second kappa shape index (κ2) is 8.20. The average molecular weight is 344 g/mol. The lowest BCUT2D eigenvalue weighted by Gasteiger charge is -2.26. The van der Waals surface area contributed by atoms with Crippen LogP contribution in [0.5, 0.6) is 5.75 Å². The summed E-state index contributed by atoms with van der Waals surface area (Å²) in [4.78, 5) is 12.2. The molecule has 1 aliphatic carbocycles. The number of carbonyl (C=O) groups is 1. The Bertz CT molecular complexity index is 684. The second-order valence-electron chi connectivity index (χ2n) is 6.12. The minimum atomic E-state index is 0.0939. The number of fused-ring (bicyclic) bond motifs is 1. The van der Waals surface area contributed by atoms with E-state index in [1.165, 1.54) is 11.1 Å². The third-order valence-electron chi connectivity index (χ3n) is 4.34. The van der Waals surface area contributed by atoms with E-state index < -0.39 is 0 Å². The van der Waals surface area contributed by atoms with Gasteiger partial charge in [0.2, 0.25) is 5.91 Å². The van der Waals surface area contributed by atoms with Gasteiger partial charge in [0.15, 0.2) is 0 Å². The number of aryl methyl sites for hydroxylation is 1. The Labute approximate surface area is 148 Å². The maximum Gasteiger partial charge on any atom is 0.220 e. The zero-order valence-corrected chi connectivity index (χ0v) is 14.4. The third-order valence-corrected chi connectivity index (χ3v) is 4.59. The van der Waals surface area contributed by atoms with Gasteiger partial charge in [-0.1, -0.05) is 35.9 Å². The summed E-state index contributed by atoms with van der Waals surface area (Å²) in [6.45, 7) is 0.524. The van der Waals surface area contributed by atoms with Gasteiger partial charge in [-0.25, -0.2) is 0 Å². The molecule has 1 amide bonds. The van der Waals surface area contributed by atoms with Crippen molar-refractivity contribution in [3.63, 3.8) is 0 Å². The Hall–Kier alpha value is -2.00. The van der Waals surface area contributed by atoms with Crippen molar-refractivity contribution in [3.8, 4) is 5.75 Å². The van der Waals surface area contributed by atoms with Gasteiger partial charge in [-0.2, -0.15) is 0 Å². The van der Waals surface area contributed by atoms with E-state index >= 15 is 0 Å². The quantitative estimate of drug-likeness (QED) is 0.772. The number of halogens is 1. The first kappa shape index (κ1) is 16.8. The molecule has 3 nitrogen and oxygen atoms in total. The molecule has 4 heteroatoms.